The van der Waals surface area contributed by atoms with Gasteiger partial charge in [0.25, 0.3) is 0 Å². The van der Waals surface area contributed by atoms with E-state index in [0.29, 0.717) is 12.0 Å². The number of fused-ring (bicyclic) bond motifs is 1. The second-order valence-corrected chi connectivity index (χ2v) is 8.58. The van der Waals surface area contributed by atoms with Gasteiger partial charge < -0.3 is 0 Å². The first kappa shape index (κ1) is 16.5. The zero-order valence-electron chi connectivity index (χ0n) is 13.0. The molecule has 3 rings (SSSR count). The average molecular weight is 351 g/mol. The molecule has 0 amide bonds. The molecule has 23 heavy (non-hydrogen) atoms. The first-order valence-electron chi connectivity index (χ1n) is 7.39. The van der Waals surface area contributed by atoms with Crippen LogP contribution in [0.15, 0.2) is 46.2 Å². The molecule has 0 aromatic heterocycles. The van der Waals surface area contributed by atoms with Crippen molar-refractivity contribution in [3.05, 3.63) is 58.9 Å². The van der Waals surface area contributed by atoms with E-state index in [2.05, 4.69) is 4.72 Å². The summed E-state index contributed by atoms with van der Waals surface area (Å²) in [5.74, 6) is 0.459. The van der Waals surface area contributed by atoms with Crippen LogP contribution in [0.3, 0.4) is 0 Å². The maximum atomic E-state index is 13.5. The van der Waals surface area contributed by atoms with Crippen molar-refractivity contribution < 1.29 is 12.8 Å². The molecule has 0 unspecified atom stereocenters. The quantitative estimate of drug-likeness (QED) is 0.910. The molecule has 0 bridgehead atoms. The maximum Gasteiger partial charge on any atom is 0.241 e. The van der Waals surface area contributed by atoms with Crippen LogP contribution in [-0.4, -0.2) is 14.2 Å². The van der Waals surface area contributed by atoms with Gasteiger partial charge in [-0.25, -0.2) is 17.5 Å². The number of benzene rings is 2. The van der Waals surface area contributed by atoms with Gasteiger partial charge in [-0.3, -0.25) is 0 Å². The van der Waals surface area contributed by atoms with Gasteiger partial charge in [0.15, 0.2) is 0 Å². The highest BCUT2D eigenvalue weighted by Crippen LogP contribution is 2.37. The highest BCUT2D eigenvalue weighted by Gasteiger charge is 2.27. The van der Waals surface area contributed by atoms with Gasteiger partial charge >= 0.3 is 0 Å². The molecular weight excluding hydrogens is 333 g/mol. The maximum absolute atomic E-state index is 13.5. The van der Waals surface area contributed by atoms with Crippen molar-refractivity contribution in [2.24, 2.45) is 0 Å². The lowest BCUT2D eigenvalue weighted by Gasteiger charge is -2.26. The molecule has 0 aliphatic carbocycles. The Morgan fingerprint density at radius 1 is 1.17 bits per heavy atom. The van der Waals surface area contributed by atoms with Crippen LogP contribution in [0.2, 0.25) is 0 Å². The van der Waals surface area contributed by atoms with Crippen LogP contribution in [0.25, 0.3) is 0 Å². The molecule has 6 heteroatoms. The van der Waals surface area contributed by atoms with E-state index in [1.165, 1.54) is 12.1 Å². The lowest BCUT2D eigenvalue weighted by molar-refractivity contribution is 0.541. The zero-order chi connectivity index (χ0) is 16.6. The highest BCUT2D eigenvalue weighted by molar-refractivity contribution is 7.99. The SMILES string of the molecule is Cc1ccc(S(=O)(=O)N[C@H]2CCSc3ccc(F)cc32)c(C)c1. The Kier molecular flexibility index (Phi) is 4.49. The van der Waals surface area contributed by atoms with Gasteiger partial charge in [0.1, 0.15) is 5.82 Å². The molecule has 1 aliphatic rings. The summed E-state index contributed by atoms with van der Waals surface area (Å²) in [5.41, 5.74) is 2.44. The predicted molar refractivity (Wildman–Crippen MR) is 90.7 cm³/mol. The second-order valence-electron chi connectivity index (χ2n) is 5.76. The van der Waals surface area contributed by atoms with Crippen LogP contribution in [0, 0.1) is 19.7 Å². The van der Waals surface area contributed by atoms with E-state index in [1.807, 2.05) is 13.0 Å². The molecule has 1 N–H and O–H groups in total. The Bertz CT molecular complexity index is 850. The lowest BCUT2D eigenvalue weighted by Crippen LogP contribution is -2.31. The van der Waals surface area contributed by atoms with Crippen LogP contribution < -0.4 is 4.72 Å². The minimum atomic E-state index is -3.64. The van der Waals surface area contributed by atoms with Crippen molar-refractivity contribution >= 4 is 21.8 Å². The number of aryl methyl sites for hydroxylation is 2. The van der Waals surface area contributed by atoms with Gasteiger partial charge in [-0.15, -0.1) is 11.8 Å². The zero-order valence-corrected chi connectivity index (χ0v) is 14.6. The van der Waals surface area contributed by atoms with E-state index in [1.54, 1.807) is 36.9 Å². The van der Waals surface area contributed by atoms with Gasteiger partial charge in [-0.05, 0) is 61.4 Å². The van der Waals surface area contributed by atoms with E-state index < -0.39 is 16.1 Å². The summed E-state index contributed by atoms with van der Waals surface area (Å²) in [5, 5.41) is 0. The molecule has 0 radical (unpaired) electrons. The van der Waals surface area contributed by atoms with Gasteiger partial charge in [-0.2, -0.15) is 0 Å². The third-order valence-corrected chi connectivity index (χ3v) is 6.68. The minimum Gasteiger partial charge on any atom is -0.207 e. The Morgan fingerprint density at radius 3 is 2.70 bits per heavy atom. The van der Waals surface area contributed by atoms with Crippen LogP contribution >= 0.6 is 11.8 Å². The van der Waals surface area contributed by atoms with Gasteiger partial charge in [0.05, 0.1) is 4.90 Å². The molecular formula is C17H18FNO2S2. The number of nitrogens with one attached hydrogen (secondary N) is 1. The summed E-state index contributed by atoms with van der Waals surface area (Å²) in [4.78, 5) is 1.21. The monoisotopic (exact) mass is 351 g/mol. The van der Waals surface area contributed by atoms with Gasteiger partial charge in [0, 0.05) is 10.9 Å². The smallest absolute Gasteiger partial charge is 0.207 e. The second kappa shape index (κ2) is 6.26. The topological polar surface area (TPSA) is 46.2 Å². The Balaban J connectivity index is 1.95. The number of sulfonamides is 1. The van der Waals surface area contributed by atoms with Crippen LogP contribution in [0.5, 0.6) is 0 Å². The van der Waals surface area contributed by atoms with Crippen molar-refractivity contribution in [1.29, 1.82) is 0 Å². The van der Waals surface area contributed by atoms with Crippen LogP contribution in [0.1, 0.15) is 29.2 Å². The average Bonchev–Trinajstić information content (AvgIpc) is 2.47. The van der Waals surface area contributed by atoms with Crippen molar-refractivity contribution in [2.75, 3.05) is 5.75 Å². The van der Waals surface area contributed by atoms with Crippen molar-refractivity contribution in [3.8, 4) is 0 Å². The fraction of sp³-hybridized carbons (Fsp3) is 0.294. The number of hydrogen-bond acceptors (Lipinski definition) is 3. The Hall–Kier alpha value is -1.37. The van der Waals surface area contributed by atoms with Crippen LogP contribution in [-0.2, 0) is 10.0 Å². The predicted octanol–water partition coefficient (Wildman–Crippen LogP) is 3.96. The fourth-order valence-electron chi connectivity index (χ4n) is 2.84. The largest absolute Gasteiger partial charge is 0.241 e. The summed E-state index contributed by atoms with van der Waals surface area (Å²) >= 11 is 1.63. The summed E-state index contributed by atoms with van der Waals surface area (Å²) in [7, 11) is -3.64. The number of halogens is 1. The normalized spacial score (nSPS) is 17.8. The molecule has 1 atom stereocenters. The highest BCUT2D eigenvalue weighted by atomic mass is 32.2. The van der Waals surface area contributed by atoms with Crippen molar-refractivity contribution in [2.45, 2.75) is 36.1 Å². The minimum absolute atomic E-state index is 0.277. The first-order chi connectivity index (χ1) is 10.9. The van der Waals surface area contributed by atoms with Gasteiger partial charge in [-0.1, -0.05) is 17.7 Å². The Labute approximate surface area is 140 Å². The fourth-order valence-corrected chi connectivity index (χ4v) is 5.42. The molecule has 0 saturated carbocycles. The Morgan fingerprint density at radius 2 is 1.96 bits per heavy atom. The third kappa shape index (κ3) is 3.44. The number of rotatable bonds is 3. The molecule has 2 aromatic rings. The van der Waals surface area contributed by atoms with E-state index in [0.717, 1.165) is 21.8 Å². The summed E-state index contributed by atoms with van der Waals surface area (Å²) in [6, 6.07) is 9.41. The molecule has 3 nitrogen and oxygen atoms in total. The molecule has 2 aromatic carbocycles. The van der Waals surface area contributed by atoms with E-state index in [4.69, 9.17) is 0 Å². The number of hydrogen-bond donors (Lipinski definition) is 1. The van der Waals surface area contributed by atoms with Gasteiger partial charge in [0.2, 0.25) is 10.0 Å². The van der Waals surface area contributed by atoms with Crippen molar-refractivity contribution in [3.63, 3.8) is 0 Å². The molecule has 122 valence electrons. The van der Waals surface area contributed by atoms with Crippen LogP contribution in [0.4, 0.5) is 4.39 Å². The molecule has 1 heterocycles. The summed E-state index contributed by atoms with van der Waals surface area (Å²) in [6.07, 6.45) is 0.644. The molecule has 0 fully saturated rings. The van der Waals surface area contributed by atoms with Crippen molar-refractivity contribution in [1.82, 2.24) is 4.72 Å². The first-order valence-corrected chi connectivity index (χ1v) is 9.85. The van der Waals surface area contributed by atoms with E-state index in [9.17, 15) is 12.8 Å². The third-order valence-electron chi connectivity index (χ3n) is 3.93. The number of thioether (sulfide) groups is 1. The summed E-state index contributed by atoms with van der Waals surface area (Å²) in [6.45, 7) is 3.71. The molecule has 0 spiro atoms. The summed E-state index contributed by atoms with van der Waals surface area (Å²) < 4.78 is 41.7. The standard InChI is InChI=1S/C17H18FNO2S2/c1-11-3-6-17(12(2)9-11)23(20,21)19-15-7-8-22-16-5-4-13(18)10-14(15)16/h3-6,9-10,15,19H,7-8H2,1-2H3/t15-/m0/s1. The molecule has 0 saturated heterocycles. The van der Waals surface area contributed by atoms with E-state index >= 15 is 0 Å². The lowest BCUT2D eigenvalue weighted by atomic mass is 10.0. The molecule has 1 aliphatic heterocycles. The van der Waals surface area contributed by atoms with E-state index in [-0.39, 0.29) is 10.7 Å².